The highest BCUT2D eigenvalue weighted by atomic mass is 32.2. The van der Waals surface area contributed by atoms with Crippen molar-refractivity contribution in [3.63, 3.8) is 0 Å². The summed E-state index contributed by atoms with van der Waals surface area (Å²) in [7, 11) is -4.06. The van der Waals surface area contributed by atoms with E-state index >= 15 is 0 Å². The lowest BCUT2D eigenvalue weighted by Crippen LogP contribution is -2.20. The summed E-state index contributed by atoms with van der Waals surface area (Å²) >= 11 is 0. The number of H-pyrrole nitrogens is 1. The monoisotopic (exact) mass is 230 g/mol. The zero-order chi connectivity index (χ0) is 10.9. The fraction of sp³-hybridized carbons (Fsp3) is 0. The molecule has 0 spiro atoms. The maximum atomic E-state index is 10.9. The Morgan fingerprint density at radius 2 is 2.27 bits per heavy atom. The number of nitrogens with one attached hydrogen (secondary N) is 2. The van der Waals surface area contributed by atoms with Crippen LogP contribution in [-0.2, 0) is 14.6 Å². The summed E-state index contributed by atoms with van der Waals surface area (Å²) in [6.07, 6.45) is 2.79. The molecular weight excluding hydrogens is 224 g/mol. The van der Waals surface area contributed by atoms with Crippen LogP contribution in [0, 0.1) is 0 Å². The highest BCUT2D eigenvalue weighted by Crippen LogP contribution is 2.08. The molecule has 0 unspecified atom stereocenters. The molecule has 0 amide bonds. The molecule has 0 aromatic carbocycles. The summed E-state index contributed by atoms with van der Waals surface area (Å²) in [6.45, 7) is 0. The zero-order valence-corrected chi connectivity index (χ0v) is 8.02. The van der Waals surface area contributed by atoms with Crippen molar-refractivity contribution in [2.45, 2.75) is 0 Å². The van der Waals surface area contributed by atoms with Crippen LogP contribution in [0.25, 0.3) is 11.2 Å². The minimum absolute atomic E-state index is 0.167. The van der Waals surface area contributed by atoms with Gasteiger partial charge in [-0.25, -0.2) is 14.7 Å². The molecule has 0 atom stereocenters. The van der Waals surface area contributed by atoms with Crippen LogP contribution in [0.15, 0.2) is 12.5 Å². The van der Waals surface area contributed by atoms with Crippen molar-refractivity contribution >= 4 is 27.4 Å². The average Bonchev–Trinajstić information content (AvgIpc) is 2.64. The molecule has 10 heteroatoms. The second kappa shape index (κ2) is 3.42. The molecular formula is C5H6N6O3S. The zero-order valence-electron chi connectivity index (χ0n) is 7.21. The first-order chi connectivity index (χ1) is 7.11. The largest absolute Gasteiger partial charge is 0.378 e. The summed E-state index contributed by atoms with van der Waals surface area (Å²) in [6, 6.07) is 0. The lowest BCUT2D eigenvalue weighted by atomic mass is 10.6. The lowest BCUT2D eigenvalue weighted by molar-refractivity contribution is 0.336. The molecule has 2 aromatic rings. The van der Waals surface area contributed by atoms with Crippen LogP contribution in [0.2, 0.25) is 0 Å². The Kier molecular flexibility index (Phi) is 2.22. The van der Waals surface area contributed by atoms with Gasteiger partial charge in [0, 0.05) is 0 Å². The number of aromatic amines is 1. The van der Waals surface area contributed by atoms with E-state index in [1.54, 1.807) is 0 Å². The molecule has 9 nitrogen and oxygen atoms in total. The molecule has 0 aliphatic heterocycles. The topological polar surface area (TPSA) is 136 Å². The molecule has 0 aliphatic carbocycles. The third-order valence-corrected chi connectivity index (χ3v) is 2.20. The van der Waals surface area contributed by atoms with Crippen molar-refractivity contribution in [3.8, 4) is 0 Å². The Morgan fingerprint density at radius 3 is 3.00 bits per heavy atom. The number of nitrogens with two attached hydrogens (primary N) is 1. The number of fused-ring (bicyclic) bond motifs is 1. The van der Waals surface area contributed by atoms with Gasteiger partial charge in [-0.1, -0.05) is 0 Å². The van der Waals surface area contributed by atoms with Crippen LogP contribution in [0.5, 0.6) is 0 Å². The number of rotatable bonds is 3. The van der Waals surface area contributed by atoms with Gasteiger partial charge in [-0.05, 0) is 0 Å². The number of aromatic nitrogens is 4. The maximum absolute atomic E-state index is 10.9. The molecule has 0 saturated heterocycles. The molecule has 0 bridgehead atoms. The van der Waals surface area contributed by atoms with E-state index in [0.29, 0.717) is 11.2 Å². The first-order valence-corrected chi connectivity index (χ1v) is 5.09. The van der Waals surface area contributed by atoms with Crippen molar-refractivity contribution in [1.29, 1.82) is 0 Å². The maximum Gasteiger partial charge on any atom is 0.378 e. The minimum Gasteiger partial charge on any atom is -0.342 e. The second-order valence-corrected chi connectivity index (χ2v) is 3.79. The molecule has 2 heterocycles. The van der Waals surface area contributed by atoms with Crippen LogP contribution in [0.4, 0.5) is 5.95 Å². The fourth-order valence-electron chi connectivity index (χ4n) is 0.921. The van der Waals surface area contributed by atoms with Crippen molar-refractivity contribution in [2.75, 3.05) is 4.72 Å². The highest BCUT2D eigenvalue weighted by Gasteiger charge is 2.11. The van der Waals surface area contributed by atoms with Gasteiger partial charge < -0.3 is 4.98 Å². The standard InChI is InChI=1S/C5H6N6O3S/c6-14-15(12,13)11-5-7-1-3-4(10-5)9-2-8-3/h1-2H,6H2,(H2,7,8,9,10,11). The van der Waals surface area contributed by atoms with Gasteiger partial charge in [0.25, 0.3) is 0 Å². The van der Waals surface area contributed by atoms with Gasteiger partial charge in [-0.2, -0.15) is 23.6 Å². The number of imidazole rings is 1. The summed E-state index contributed by atoms with van der Waals surface area (Å²) in [5, 5.41) is 0. The van der Waals surface area contributed by atoms with Crippen LogP contribution in [-0.4, -0.2) is 28.4 Å². The smallest absolute Gasteiger partial charge is 0.342 e. The van der Waals surface area contributed by atoms with Gasteiger partial charge in [0.15, 0.2) is 5.65 Å². The Balaban J connectivity index is 2.37. The van der Waals surface area contributed by atoms with Crippen LogP contribution in [0.1, 0.15) is 0 Å². The average molecular weight is 230 g/mol. The number of hydrogen-bond donors (Lipinski definition) is 3. The van der Waals surface area contributed by atoms with E-state index in [1.165, 1.54) is 12.5 Å². The third kappa shape index (κ3) is 2.01. The van der Waals surface area contributed by atoms with Crippen molar-refractivity contribution in [3.05, 3.63) is 12.5 Å². The normalized spacial score (nSPS) is 11.8. The quantitative estimate of drug-likeness (QED) is 0.569. The minimum atomic E-state index is -4.06. The predicted octanol–water partition coefficient (Wildman–Crippen LogP) is -1.10. The lowest BCUT2D eigenvalue weighted by Gasteiger charge is -2.01. The summed E-state index contributed by atoms with van der Waals surface area (Å²) in [5.74, 6) is 4.35. The van der Waals surface area contributed by atoms with Crippen molar-refractivity contribution < 1.29 is 12.7 Å². The first kappa shape index (κ1) is 9.76. The second-order valence-electron chi connectivity index (χ2n) is 2.49. The third-order valence-electron chi connectivity index (χ3n) is 1.52. The summed E-state index contributed by atoms with van der Waals surface area (Å²) in [4.78, 5) is 14.1. The van der Waals surface area contributed by atoms with Gasteiger partial charge in [-0.15, -0.1) is 0 Å². The Morgan fingerprint density at radius 1 is 1.47 bits per heavy atom. The Hall–Kier alpha value is -1.78. The first-order valence-electron chi connectivity index (χ1n) is 3.68. The molecule has 0 aliphatic rings. The molecule has 0 fully saturated rings. The van der Waals surface area contributed by atoms with Crippen molar-refractivity contribution in [2.24, 2.45) is 5.90 Å². The van der Waals surface area contributed by atoms with E-state index in [-0.39, 0.29) is 5.95 Å². The van der Waals surface area contributed by atoms with Crippen molar-refractivity contribution in [1.82, 2.24) is 19.9 Å². The fourth-order valence-corrected chi connectivity index (χ4v) is 1.29. The summed E-state index contributed by atoms with van der Waals surface area (Å²) < 4.78 is 27.3. The molecule has 2 aromatic heterocycles. The number of nitrogens with zero attached hydrogens (tertiary/aromatic N) is 3. The van der Waals surface area contributed by atoms with E-state index < -0.39 is 10.3 Å². The molecule has 4 N–H and O–H groups in total. The van der Waals surface area contributed by atoms with Crippen LogP contribution >= 0.6 is 0 Å². The molecule has 2 rings (SSSR count). The number of anilines is 1. The van der Waals surface area contributed by atoms with E-state index in [2.05, 4.69) is 30.1 Å². The summed E-state index contributed by atoms with van der Waals surface area (Å²) in [5.41, 5.74) is 0.923. The van der Waals surface area contributed by atoms with Gasteiger partial charge >= 0.3 is 10.3 Å². The Bertz CT molecular complexity index is 577. The van der Waals surface area contributed by atoms with Gasteiger partial charge in [-0.3, -0.25) is 0 Å². The van der Waals surface area contributed by atoms with Crippen LogP contribution in [0.3, 0.4) is 0 Å². The highest BCUT2D eigenvalue weighted by molar-refractivity contribution is 7.88. The molecule has 15 heavy (non-hydrogen) atoms. The number of hydrogen-bond acceptors (Lipinski definition) is 7. The van der Waals surface area contributed by atoms with E-state index in [0.717, 1.165) is 0 Å². The van der Waals surface area contributed by atoms with E-state index in [4.69, 9.17) is 0 Å². The molecule has 0 saturated carbocycles. The molecule has 80 valence electrons. The molecule has 0 radical (unpaired) electrons. The van der Waals surface area contributed by atoms with E-state index in [1.807, 2.05) is 4.72 Å². The predicted molar refractivity (Wildman–Crippen MR) is 49.5 cm³/mol. The SMILES string of the molecule is NOS(=O)(=O)Nc1ncc2[nH]cnc2n1. The van der Waals surface area contributed by atoms with E-state index in [9.17, 15) is 8.42 Å². The van der Waals surface area contributed by atoms with Crippen LogP contribution < -0.4 is 10.6 Å². The van der Waals surface area contributed by atoms with Gasteiger partial charge in [0.1, 0.15) is 5.52 Å². The Labute approximate surface area is 83.9 Å². The van der Waals surface area contributed by atoms with Gasteiger partial charge in [0.05, 0.1) is 12.5 Å². The van der Waals surface area contributed by atoms with Gasteiger partial charge in [0.2, 0.25) is 5.95 Å².